The standard InChI is InChI=1S/C18H21N3O4Si/c1-26(2,3)12-4-5-14-13(10-12)18(22)20-9-8-19(14)11-15(20)16-6-7-17(25-16)21(23)24/h4-7,10,15H,8-9,11H2,1-3H3. The molecule has 0 spiro atoms. The number of hydrogen-bond acceptors (Lipinski definition) is 5. The summed E-state index contributed by atoms with van der Waals surface area (Å²) in [6.45, 7) is 8.69. The van der Waals surface area contributed by atoms with Crippen molar-refractivity contribution >= 4 is 30.7 Å². The van der Waals surface area contributed by atoms with Gasteiger partial charge >= 0.3 is 5.88 Å². The van der Waals surface area contributed by atoms with Crippen molar-refractivity contribution in [2.45, 2.75) is 25.7 Å². The van der Waals surface area contributed by atoms with Crippen LogP contribution in [0, 0.1) is 10.1 Å². The van der Waals surface area contributed by atoms with Crippen molar-refractivity contribution in [3.8, 4) is 0 Å². The number of carbonyl (C=O) groups excluding carboxylic acids is 1. The summed E-state index contributed by atoms with van der Waals surface area (Å²) < 4.78 is 5.41. The summed E-state index contributed by atoms with van der Waals surface area (Å²) >= 11 is 0. The molecule has 1 atom stereocenters. The normalized spacial score (nSPS) is 19.5. The maximum Gasteiger partial charge on any atom is 0.433 e. The van der Waals surface area contributed by atoms with Crippen molar-refractivity contribution in [2.24, 2.45) is 0 Å². The van der Waals surface area contributed by atoms with E-state index in [0.717, 1.165) is 17.8 Å². The Morgan fingerprint density at radius 3 is 2.62 bits per heavy atom. The number of fused-ring (bicyclic) bond motifs is 2. The molecule has 0 radical (unpaired) electrons. The van der Waals surface area contributed by atoms with Crippen LogP contribution in [0.4, 0.5) is 11.6 Å². The van der Waals surface area contributed by atoms with Gasteiger partial charge in [0.05, 0.1) is 19.7 Å². The van der Waals surface area contributed by atoms with Crippen LogP contribution >= 0.6 is 0 Å². The van der Waals surface area contributed by atoms with Crippen LogP contribution in [0.15, 0.2) is 34.7 Å². The Morgan fingerprint density at radius 1 is 1.19 bits per heavy atom. The van der Waals surface area contributed by atoms with Crippen LogP contribution in [0.3, 0.4) is 0 Å². The number of hydrogen-bond donors (Lipinski definition) is 0. The van der Waals surface area contributed by atoms with E-state index in [1.165, 1.54) is 11.3 Å². The lowest BCUT2D eigenvalue weighted by Crippen LogP contribution is -2.47. The number of piperazine rings is 1. The van der Waals surface area contributed by atoms with Gasteiger partial charge in [0.2, 0.25) is 0 Å². The molecule has 0 aliphatic carbocycles. The van der Waals surface area contributed by atoms with Crippen LogP contribution in [-0.2, 0) is 0 Å². The summed E-state index contributed by atoms with van der Waals surface area (Å²) in [5.41, 5.74) is 1.68. The van der Waals surface area contributed by atoms with E-state index in [9.17, 15) is 14.9 Å². The molecule has 8 heteroatoms. The fourth-order valence-corrected chi connectivity index (χ4v) is 4.87. The lowest BCUT2D eigenvalue weighted by Gasteiger charge is -2.37. The van der Waals surface area contributed by atoms with Gasteiger partial charge in [-0.2, -0.15) is 0 Å². The molecule has 7 nitrogen and oxygen atoms in total. The van der Waals surface area contributed by atoms with Gasteiger partial charge in [0.25, 0.3) is 5.91 Å². The summed E-state index contributed by atoms with van der Waals surface area (Å²) in [6.07, 6.45) is 0. The van der Waals surface area contributed by atoms with Crippen LogP contribution in [0.2, 0.25) is 19.6 Å². The van der Waals surface area contributed by atoms with Crippen molar-refractivity contribution in [2.75, 3.05) is 24.5 Å². The van der Waals surface area contributed by atoms with Gasteiger partial charge in [0.1, 0.15) is 16.7 Å². The highest BCUT2D eigenvalue weighted by Gasteiger charge is 2.40. The van der Waals surface area contributed by atoms with Gasteiger partial charge in [-0.05, 0) is 18.2 Å². The summed E-state index contributed by atoms with van der Waals surface area (Å²) in [6, 6.07) is 8.88. The van der Waals surface area contributed by atoms with Gasteiger partial charge in [-0.15, -0.1) is 0 Å². The highest BCUT2D eigenvalue weighted by atomic mass is 28.3. The predicted octanol–water partition coefficient (Wildman–Crippen LogP) is 2.75. The van der Waals surface area contributed by atoms with Gasteiger partial charge < -0.3 is 14.2 Å². The smallest absolute Gasteiger partial charge is 0.404 e. The first-order valence-electron chi connectivity index (χ1n) is 8.70. The first kappa shape index (κ1) is 16.8. The van der Waals surface area contributed by atoms with E-state index < -0.39 is 13.0 Å². The molecule has 1 unspecified atom stereocenters. The molecular formula is C18H21N3O4Si. The minimum absolute atomic E-state index is 0.0239. The molecule has 1 aromatic heterocycles. The molecule has 1 saturated heterocycles. The first-order chi connectivity index (χ1) is 12.3. The van der Waals surface area contributed by atoms with Crippen LogP contribution in [0.25, 0.3) is 0 Å². The van der Waals surface area contributed by atoms with Crippen molar-refractivity contribution in [1.29, 1.82) is 0 Å². The highest BCUT2D eigenvalue weighted by Crippen LogP contribution is 2.37. The van der Waals surface area contributed by atoms with E-state index in [1.807, 2.05) is 6.07 Å². The third kappa shape index (κ3) is 2.61. The van der Waals surface area contributed by atoms with E-state index >= 15 is 0 Å². The SMILES string of the molecule is C[Si](C)(C)c1ccc2c(c1)C(=O)N1CCN2CC1c1ccc([N+](=O)[O-])o1. The Morgan fingerprint density at radius 2 is 1.96 bits per heavy atom. The highest BCUT2D eigenvalue weighted by molar-refractivity contribution is 6.88. The molecule has 1 amide bonds. The number of amides is 1. The van der Waals surface area contributed by atoms with E-state index in [0.29, 0.717) is 18.8 Å². The second-order valence-corrected chi connectivity index (χ2v) is 13.0. The second-order valence-electron chi connectivity index (χ2n) is 7.88. The van der Waals surface area contributed by atoms with Crippen LogP contribution in [0.1, 0.15) is 22.2 Å². The molecule has 26 heavy (non-hydrogen) atoms. The number of furan rings is 1. The van der Waals surface area contributed by atoms with Crippen molar-refractivity contribution in [1.82, 2.24) is 4.90 Å². The predicted molar refractivity (Wildman–Crippen MR) is 101 cm³/mol. The second kappa shape index (κ2) is 5.70. The van der Waals surface area contributed by atoms with Gasteiger partial charge in [-0.1, -0.05) is 30.9 Å². The third-order valence-corrected chi connectivity index (χ3v) is 7.24. The average Bonchev–Trinajstić information content (AvgIpc) is 3.02. The molecule has 1 fully saturated rings. The Bertz CT molecular complexity index is 902. The Balaban J connectivity index is 1.75. The van der Waals surface area contributed by atoms with Crippen LogP contribution < -0.4 is 10.1 Å². The van der Waals surface area contributed by atoms with Crippen LogP contribution in [-0.4, -0.2) is 43.4 Å². The summed E-state index contributed by atoms with van der Waals surface area (Å²) in [7, 11) is -1.54. The van der Waals surface area contributed by atoms with E-state index in [4.69, 9.17) is 4.42 Å². The van der Waals surface area contributed by atoms with Crippen molar-refractivity contribution in [3.05, 3.63) is 51.8 Å². The molecule has 0 N–H and O–H groups in total. The number of rotatable bonds is 3. The molecule has 3 aliphatic rings. The zero-order chi connectivity index (χ0) is 18.6. The largest absolute Gasteiger partial charge is 0.433 e. The maximum absolute atomic E-state index is 13.2. The Kier molecular flexibility index (Phi) is 3.69. The maximum atomic E-state index is 13.2. The Hall–Kier alpha value is -2.61. The number of anilines is 1. The number of nitrogens with zero attached hydrogens (tertiary/aromatic N) is 3. The minimum atomic E-state index is -1.54. The quantitative estimate of drug-likeness (QED) is 0.471. The van der Waals surface area contributed by atoms with Gasteiger partial charge in [0, 0.05) is 25.3 Å². The van der Waals surface area contributed by atoms with E-state index in [1.54, 1.807) is 11.0 Å². The number of carbonyl (C=O) groups is 1. The zero-order valence-electron chi connectivity index (χ0n) is 15.1. The third-order valence-electron chi connectivity index (χ3n) is 5.20. The molecule has 3 aliphatic heterocycles. The Labute approximate surface area is 152 Å². The average molecular weight is 371 g/mol. The summed E-state index contributed by atoms with van der Waals surface area (Å²) in [5, 5.41) is 12.2. The molecule has 0 saturated carbocycles. The monoisotopic (exact) mass is 371 g/mol. The van der Waals surface area contributed by atoms with Gasteiger partial charge in [-0.25, -0.2) is 0 Å². The molecule has 1 aromatic carbocycles. The molecule has 2 aromatic rings. The lowest BCUT2D eigenvalue weighted by atomic mass is 10.1. The zero-order valence-corrected chi connectivity index (χ0v) is 16.1. The lowest BCUT2D eigenvalue weighted by molar-refractivity contribution is -0.402. The van der Waals surface area contributed by atoms with Crippen molar-refractivity contribution < 1.29 is 14.1 Å². The molecule has 5 rings (SSSR count). The fraction of sp³-hybridized carbons (Fsp3) is 0.389. The number of benzene rings is 1. The minimum Gasteiger partial charge on any atom is -0.404 e. The summed E-state index contributed by atoms with van der Waals surface area (Å²) in [4.78, 5) is 27.6. The fourth-order valence-electron chi connectivity index (χ4n) is 3.71. The van der Waals surface area contributed by atoms with Gasteiger partial charge in [0.15, 0.2) is 0 Å². The molecule has 136 valence electrons. The first-order valence-corrected chi connectivity index (χ1v) is 12.2. The molecule has 4 heterocycles. The molecule has 2 bridgehead atoms. The van der Waals surface area contributed by atoms with E-state index in [2.05, 4.69) is 36.7 Å². The number of nitro groups is 1. The summed E-state index contributed by atoms with van der Waals surface area (Å²) in [5.74, 6) is 0.152. The van der Waals surface area contributed by atoms with E-state index in [-0.39, 0.29) is 17.8 Å². The molecular weight excluding hydrogens is 350 g/mol. The topological polar surface area (TPSA) is 79.8 Å². The van der Waals surface area contributed by atoms with Crippen molar-refractivity contribution in [3.63, 3.8) is 0 Å². The van der Waals surface area contributed by atoms with Gasteiger partial charge in [-0.3, -0.25) is 14.9 Å². The van der Waals surface area contributed by atoms with Crippen LogP contribution in [0.5, 0.6) is 0 Å².